The molecule has 144 valence electrons. The molecular weight excluding hydrogens is 356 g/mol. The Morgan fingerprint density at radius 3 is 2.93 bits per heavy atom. The topological polar surface area (TPSA) is 99.2 Å². The molecule has 0 saturated carbocycles. The number of rotatable bonds is 1. The van der Waals surface area contributed by atoms with Crippen LogP contribution in [0.25, 0.3) is 11.0 Å². The highest BCUT2D eigenvalue weighted by molar-refractivity contribution is 6.00. The molecule has 2 aliphatic rings. The minimum absolute atomic E-state index is 0.159. The summed E-state index contributed by atoms with van der Waals surface area (Å²) in [5.74, 6) is 1.90. The molecule has 1 saturated heterocycles. The zero-order valence-electron chi connectivity index (χ0n) is 15.8. The number of carbonyl (C=O) groups is 1. The van der Waals surface area contributed by atoms with Crippen LogP contribution < -0.4 is 15.4 Å². The van der Waals surface area contributed by atoms with E-state index in [9.17, 15) is 4.79 Å². The van der Waals surface area contributed by atoms with Crippen LogP contribution in [0.1, 0.15) is 36.0 Å². The average Bonchev–Trinajstić information content (AvgIpc) is 2.94. The molecule has 2 aromatic heterocycles. The maximum absolute atomic E-state index is 12.7. The minimum atomic E-state index is -0.456. The number of nitrogen functional groups attached to an aromatic ring is 1. The second-order valence-corrected chi connectivity index (χ2v) is 7.64. The molecule has 2 N–H and O–H groups in total. The number of ether oxygens (including phenoxy) is 1. The zero-order chi connectivity index (χ0) is 19.3. The lowest BCUT2D eigenvalue weighted by Gasteiger charge is -2.37. The van der Waals surface area contributed by atoms with Crippen molar-refractivity contribution < 1.29 is 9.53 Å². The van der Waals surface area contributed by atoms with Crippen molar-refractivity contribution in [1.29, 1.82) is 0 Å². The van der Waals surface area contributed by atoms with Gasteiger partial charge in [-0.1, -0.05) is 12.1 Å². The molecule has 8 nitrogen and oxygen atoms in total. The average molecular weight is 378 g/mol. The normalized spacial score (nSPS) is 22.2. The molecule has 4 heterocycles. The van der Waals surface area contributed by atoms with Gasteiger partial charge in [0.1, 0.15) is 17.2 Å². The van der Waals surface area contributed by atoms with Gasteiger partial charge in [0, 0.05) is 26.6 Å². The summed E-state index contributed by atoms with van der Waals surface area (Å²) in [7, 11) is 1.84. The standard InChI is InChI=1S/C20H22N6O2/c1-25-18-14(12-22-25)17(21)23-19(24-18)26-9-4-7-20(8-10-26)11-15(27)13-5-2-3-6-16(13)28-20/h2-3,5-6,12H,4,7-11H2,1H3,(H2,21,23,24). The van der Waals surface area contributed by atoms with Crippen LogP contribution in [-0.4, -0.2) is 44.2 Å². The van der Waals surface area contributed by atoms with Crippen molar-refractivity contribution in [2.45, 2.75) is 31.3 Å². The Hall–Kier alpha value is -3.16. The second kappa shape index (κ2) is 6.19. The Kier molecular flexibility index (Phi) is 3.75. The molecule has 3 aromatic rings. The Morgan fingerprint density at radius 2 is 2.04 bits per heavy atom. The number of ketones is 1. The first-order valence-electron chi connectivity index (χ1n) is 9.56. The summed E-state index contributed by atoms with van der Waals surface area (Å²) >= 11 is 0. The predicted octanol–water partition coefficient (Wildman–Crippen LogP) is 2.34. The number of hydrogen-bond acceptors (Lipinski definition) is 7. The third-order valence-corrected chi connectivity index (χ3v) is 5.79. The predicted molar refractivity (Wildman–Crippen MR) is 106 cm³/mol. The van der Waals surface area contributed by atoms with Crippen LogP contribution in [0, 0.1) is 0 Å². The number of carbonyl (C=O) groups excluding carboxylic acids is 1. The molecule has 2 aliphatic heterocycles. The summed E-state index contributed by atoms with van der Waals surface area (Å²) in [4.78, 5) is 24.0. The number of nitrogens with two attached hydrogens (primary N) is 1. The van der Waals surface area contributed by atoms with Crippen LogP contribution in [-0.2, 0) is 7.05 Å². The highest BCUT2D eigenvalue weighted by atomic mass is 16.5. The third kappa shape index (κ3) is 2.67. The molecule has 1 fully saturated rings. The quantitative estimate of drug-likeness (QED) is 0.694. The van der Waals surface area contributed by atoms with Crippen LogP contribution >= 0.6 is 0 Å². The van der Waals surface area contributed by atoms with E-state index < -0.39 is 5.60 Å². The number of benzene rings is 1. The lowest BCUT2D eigenvalue weighted by atomic mass is 9.84. The lowest BCUT2D eigenvalue weighted by Crippen LogP contribution is -2.43. The van der Waals surface area contributed by atoms with Gasteiger partial charge in [0.25, 0.3) is 0 Å². The van der Waals surface area contributed by atoms with Crippen LogP contribution in [0.3, 0.4) is 0 Å². The smallest absolute Gasteiger partial charge is 0.229 e. The van der Waals surface area contributed by atoms with E-state index in [1.165, 1.54) is 0 Å². The van der Waals surface area contributed by atoms with E-state index in [0.29, 0.717) is 36.0 Å². The molecule has 0 bridgehead atoms. The largest absolute Gasteiger partial charge is 0.486 e. The van der Waals surface area contributed by atoms with E-state index in [1.54, 1.807) is 10.9 Å². The molecule has 0 aliphatic carbocycles. The summed E-state index contributed by atoms with van der Waals surface area (Å²) in [6.45, 7) is 1.50. The van der Waals surface area contributed by atoms with Gasteiger partial charge in [-0.3, -0.25) is 9.48 Å². The maximum Gasteiger partial charge on any atom is 0.229 e. The molecule has 1 atom stereocenters. The molecular formula is C20H22N6O2. The van der Waals surface area contributed by atoms with Crippen LogP contribution in [0.2, 0.25) is 0 Å². The Labute approximate surface area is 162 Å². The summed E-state index contributed by atoms with van der Waals surface area (Å²) in [6.07, 6.45) is 4.56. The Balaban J connectivity index is 1.42. The molecule has 28 heavy (non-hydrogen) atoms. The van der Waals surface area contributed by atoms with Gasteiger partial charge in [0.15, 0.2) is 11.4 Å². The monoisotopic (exact) mass is 378 g/mol. The fourth-order valence-corrected chi connectivity index (χ4v) is 4.26. The first kappa shape index (κ1) is 17.0. The van der Waals surface area contributed by atoms with E-state index in [2.05, 4.69) is 20.0 Å². The first-order chi connectivity index (χ1) is 13.5. The third-order valence-electron chi connectivity index (χ3n) is 5.79. The lowest BCUT2D eigenvalue weighted by molar-refractivity contribution is 0.0323. The SMILES string of the molecule is Cn1ncc2c(N)nc(N3CCCC4(CC3)CC(=O)c3ccccc3O4)nc21. The van der Waals surface area contributed by atoms with Crippen molar-refractivity contribution >= 4 is 28.6 Å². The molecule has 8 heteroatoms. The molecule has 1 spiro atoms. The molecule has 1 unspecified atom stereocenters. The summed E-state index contributed by atoms with van der Waals surface area (Å²) in [5, 5.41) is 4.98. The van der Waals surface area contributed by atoms with Gasteiger partial charge in [0.2, 0.25) is 5.95 Å². The minimum Gasteiger partial charge on any atom is -0.486 e. The molecule has 1 aromatic carbocycles. The highest BCUT2D eigenvalue weighted by Gasteiger charge is 2.41. The number of Topliss-reactive ketones (excluding diaryl/α,β-unsaturated/α-hetero) is 1. The van der Waals surface area contributed by atoms with Crippen molar-refractivity contribution in [2.75, 3.05) is 23.7 Å². The summed E-state index contributed by atoms with van der Waals surface area (Å²) < 4.78 is 8.07. The summed E-state index contributed by atoms with van der Waals surface area (Å²) in [5.41, 5.74) is 7.08. The first-order valence-corrected chi connectivity index (χ1v) is 9.56. The van der Waals surface area contributed by atoms with Gasteiger partial charge in [-0.15, -0.1) is 0 Å². The number of anilines is 2. The van der Waals surface area contributed by atoms with Gasteiger partial charge in [-0.25, -0.2) is 0 Å². The van der Waals surface area contributed by atoms with E-state index >= 15 is 0 Å². The number of hydrogen-bond donors (Lipinski definition) is 1. The van der Waals surface area contributed by atoms with Crippen molar-refractivity contribution in [2.24, 2.45) is 7.05 Å². The zero-order valence-corrected chi connectivity index (χ0v) is 15.8. The van der Waals surface area contributed by atoms with Crippen molar-refractivity contribution in [1.82, 2.24) is 19.7 Å². The van der Waals surface area contributed by atoms with E-state index in [0.717, 1.165) is 36.8 Å². The Morgan fingerprint density at radius 1 is 1.18 bits per heavy atom. The number of fused-ring (bicyclic) bond motifs is 2. The number of nitrogens with zero attached hydrogens (tertiary/aromatic N) is 5. The maximum atomic E-state index is 12.7. The molecule has 0 radical (unpaired) electrons. The van der Waals surface area contributed by atoms with Crippen LogP contribution in [0.4, 0.5) is 11.8 Å². The van der Waals surface area contributed by atoms with Gasteiger partial charge in [-0.2, -0.15) is 15.1 Å². The summed E-state index contributed by atoms with van der Waals surface area (Å²) in [6, 6.07) is 7.52. The van der Waals surface area contributed by atoms with Gasteiger partial charge >= 0.3 is 0 Å². The van der Waals surface area contributed by atoms with Gasteiger partial charge < -0.3 is 15.4 Å². The van der Waals surface area contributed by atoms with Crippen LogP contribution in [0.5, 0.6) is 5.75 Å². The van der Waals surface area contributed by atoms with E-state index in [1.807, 2.05) is 31.3 Å². The van der Waals surface area contributed by atoms with Crippen molar-refractivity contribution in [3.8, 4) is 5.75 Å². The number of aryl methyl sites for hydroxylation is 1. The van der Waals surface area contributed by atoms with E-state index in [-0.39, 0.29) is 5.78 Å². The molecule has 5 rings (SSSR count). The van der Waals surface area contributed by atoms with Crippen LogP contribution in [0.15, 0.2) is 30.5 Å². The van der Waals surface area contributed by atoms with Gasteiger partial charge in [-0.05, 0) is 25.0 Å². The fraction of sp³-hybridized carbons (Fsp3) is 0.400. The highest BCUT2D eigenvalue weighted by Crippen LogP contribution is 2.39. The Bertz CT molecular complexity index is 1080. The van der Waals surface area contributed by atoms with Gasteiger partial charge in [0.05, 0.1) is 23.6 Å². The number of aromatic nitrogens is 4. The van der Waals surface area contributed by atoms with E-state index in [4.69, 9.17) is 10.5 Å². The van der Waals surface area contributed by atoms with Crippen molar-refractivity contribution in [3.05, 3.63) is 36.0 Å². The second-order valence-electron chi connectivity index (χ2n) is 7.64. The fourth-order valence-electron chi connectivity index (χ4n) is 4.26. The number of para-hydroxylation sites is 1. The van der Waals surface area contributed by atoms with Crippen molar-refractivity contribution in [3.63, 3.8) is 0 Å². The molecule has 0 amide bonds.